The minimum absolute atomic E-state index is 0.130. The highest BCUT2D eigenvalue weighted by Crippen LogP contribution is 2.77. The molecule has 0 aliphatic heterocycles. The van der Waals surface area contributed by atoms with Crippen molar-refractivity contribution in [1.82, 2.24) is 0 Å². The normalized spacial score (nSPS) is 39.7. The maximum atomic E-state index is 11.1. The van der Waals surface area contributed by atoms with Crippen LogP contribution in [0.2, 0.25) is 0 Å². The predicted octanol–water partition coefficient (Wildman–Crippen LogP) is 3.43. The summed E-state index contributed by atoms with van der Waals surface area (Å²) >= 11 is 0. The topological polar surface area (TPSA) is 20.2 Å². The molecule has 86 valence electrons. The van der Waals surface area contributed by atoms with Crippen LogP contribution in [0.25, 0.3) is 0 Å². The molecule has 0 saturated heterocycles. The fraction of sp³-hybridized carbons (Fsp3) is 0.600. The molecule has 0 amide bonds. The highest BCUT2D eigenvalue weighted by Gasteiger charge is 2.72. The molecule has 1 N–H and O–H groups in total. The number of rotatable bonds is 2. The molecule has 3 unspecified atom stereocenters. The fourth-order valence-electron chi connectivity index (χ4n) is 4.19. The monoisotopic (exact) mass is 216 g/mol. The van der Waals surface area contributed by atoms with Gasteiger partial charge in [-0.25, -0.2) is 0 Å². The molecule has 0 aromatic heterocycles. The first-order valence-electron chi connectivity index (χ1n) is 6.39. The van der Waals surface area contributed by atoms with Crippen molar-refractivity contribution in [2.24, 2.45) is 11.3 Å². The van der Waals surface area contributed by atoms with Crippen molar-refractivity contribution in [2.75, 3.05) is 0 Å². The van der Waals surface area contributed by atoms with E-state index < -0.39 is 5.60 Å². The Hall–Kier alpha value is -0.820. The van der Waals surface area contributed by atoms with Crippen LogP contribution in [0.3, 0.4) is 0 Å². The predicted molar refractivity (Wildman–Crippen MR) is 65.3 cm³/mol. The number of aliphatic hydroxyl groups is 1. The van der Waals surface area contributed by atoms with Crippen molar-refractivity contribution in [1.29, 1.82) is 0 Å². The van der Waals surface area contributed by atoms with Gasteiger partial charge in [-0.2, -0.15) is 0 Å². The van der Waals surface area contributed by atoms with Gasteiger partial charge in [0.2, 0.25) is 0 Å². The lowest BCUT2D eigenvalue weighted by Gasteiger charge is -2.36. The van der Waals surface area contributed by atoms with Gasteiger partial charge in [-0.05, 0) is 35.8 Å². The Morgan fingerprint density at radius 2 is 2.06 bits per heavy atom. The van der Waals surface area contributed by atoms with Gasteiger partial charge in [0, 0.05) is 5.41 Å². The molecule has 3 atom stereocenters. The first-order valence-corrected chi connectivity index (χ1v) is 6.39. The van der Waals surface area contributed by atoms with E-state index in [4.69, 9.17) is 0 Å². The average Bonchev–Trinajstić information content (AvgIpc) is 3.01. The number of hydrogen-bond donors (Lipinski definition) is 1. The van der Waals surface area contributed by atoms with Crippen molar-refractivity contribution in [3.05, 3.63) is 35.4 Å². The number of benzene rings is 1. The minimum Gasteiger partial charge on any atom is -0.385 e. The second kappa shape index (κ2) is 2.89. The van der Waals surface area contributed by atoms with E-state index >= 15 is 0 Å². The fourth-order valence-corrected chi connectivity index (χ4v) is 4.19. The van der Waals surface area contributed by atoms with Gasteiger partial charge >= 0.3 is 0 Å². The van der Waals surface area contributed by atoms with E-state index in [9.17, 15) is 5.11 Å². The maximum Gasteiger partial charge on any atom is 0.0961 e. The summed E-state index contributed by atoms with van der Waals surface area (Å²) in [6, 6.07) is 8.48. The van der Waals surface area contributed by atoms with Gasteiger partial charge in [-0.15, -0.1) is 0 Å². The molecule has 1 saturated carbocycles. The smallest absolute Gasteiger partial charge is 0.0961 e. The highest BCUT2D eigenvalue weighted by atomic mass is 16.3. The molecule has 1 nitrogen and oxygen atoms in total. The van der Waals surface area contributed by atoms with Crippen LogP contribution < -0.4 is 0 Å². The Labute approximate surface area is 97.5 Å². The molecule has 0 heterocycles. The van der Waals surface area contributed by atoms with E-state index in [1.54, 1.807) is 0 Å². The molecule has 3 rings (SSSR count). The Balaban J connectivity index is 2.20. The van der Waals surface area contributed by atoms with E-state index in [2.05, 4.69) is 45.0 Å². The molecule has 1 heteroatoms. The minimum atomic E-state index is -0.581. The molecule has 2 aliphatic carbocycles. The van der Waals surface area contributed by atoms with E-state index in [1.165, 1.54) is 17.5 Å². The van der Waals surface area contributed by atoms with E-state index in [0.717, 1.165) is 6.42 Å². The molecule has 2 aliphatic rings. The second-order valence-electron chi connectivity index (χ2n) is 5.75. The zero-order valence-corrected chi connectivity index (χ0v) is 10.3. The van der Waals surface area contributed by atoms with E-state index in [-0.39, 0.29) is 5.41 Å². The number of hydrogen-bond acceptors (Lipinski definition) is 1. The first-order chi connectivity index (χ1) is 7.58. The SMILES string of the molecule is CCC1(O)c2ccccc2C2CC21C(C)C. The molecule has 0 bridgehead atoms. The van der Waals surface area contributed by atoms with Crippen LogP contribution in [0.4, 0.5) is 0 Å². The zero-order chi connectivity index (χ0) is 11.6. The van der Waals surface area contributed by atoms with Crippen molar-refractivity contribution in [3.8, 4) is 0 Å². The largest absolute Gasteiger partial charge is 0.385 e. The van der Waals surface area contributed by atoms with Crippen molar-refractivity contribution >= 4 is 0 Å². The summed E-state index contributed by atoms with van der Waals surface area (Å²) in [6.45, 7) is 6.63. The molecular formula is C15H20O. The standard InChI is InChI=1S/C15H20O/c1-4-15(16)12-8-6-5-7-11(12)13-9-14(13,15)10(2)3/h5-8,10,13,16H,4,9H2,1-3H3. The Bertz CT molecular complexity index is 437. The Morgan fingerprint density at radius 1 is 1.38 bits per heavy atom. The summed E-state index contributed by atoms with van der Waals surface area (Å²) in [6.07, 6.45) is 2.00. The molecule has 1 fully saturated rings. The van der Waals surface area contributed by atoms with Gasteiger partial charge in [-0.1, -0.05) is 45.0 Å². The van der Waals surface area contributed by atoms with Gasteiger partial charge in [0.05, 0.1) is 5.60 Å². The molecule has 1 aromatic rings. The van der Waals surface area contributed by atoms with Crippen molar-refractivity contribution in [3.63, 3.8) is 0 Å². The maximum absolute atomic E-state index is 11.1. The second-order valence-corrected chi connectivity index (χ2v) is 5.75. The Morgan fingerprint density at radius 3 is 2.69 bits per heavy atom. The molecule has 0 spiro atoms. The van der Waals surface area contributed by atoms with E-state index in [1.807, 2.05) is 0 Å². The molecule has 0 radical (unpaired) electrons. The van der Waals surface area contributed by atoms with Gasteiger partial charge < -0.3 is 5.11 Å². The van der Waals surface area contributed by atoms with Crippen molar-refractivity contribution in [2.45, 2.75) is 45.1 Å². The van der Waals surface area contributed by atoms with Crippen LogP contribution in [-0.2, 0) is 5.60 Å². The molecule has 1 aromatic carbocycles. The van der Waals surface area contributed by atoms with Crippen LogP contribution in [0, 0.1) is 11.3 Å². The summed E-state index contributed by atoms with van der Waals surface area (Å²) in [7, 11) is 0. The number of fused-ring (bicyclic) bond motifs is 3. The third-order valence-corrected chi connectivity index (χ3v) is 5.10. The zero-order valence-electron chi connectivity index (χ0n) is 10.3. The average molecular weight is 216 g/mol. The quantitative estimate of drug-likeness (QED) is 0.803. The van der Waals surface area contributed by atoms with Gasteiger partial charge in [0.15, 0.2) is 0 Å². The first kappa shape index (κ1) is 10.3. The van der Waals surface area contributed by atoms with Crippen LogP contribution in [0.1, 0.15) is 50.7 Å². The molecule has 16 heavy (non-hydrogen) atoms. The van der Waals surface area contributed by atoms with Gasteiger partial charge in [-0.3, -0.25) is 0 Å². The summed E-state index contributed by atoms with van der Waals surface area (Å²) in [5.74, 6) is 1.16. The van der Waals surface area contributed by atoms with Crippen LogP contribution in [0.5, 0.6) is 0 Å². The van der Waals surface area contributed by atoms with Crippen LogP contribution in [0.15, 0.2) is 24.3 Å². The highest BCUT2D eigenvalue weighted by molar-refractivity contribution is 5.51. The lowest BCUT2D eigenvalue weighted by Crippen LogP contribution is -2.37. The van der Waals surface area contributed by atoms with Gasteiger partial charge in [0.25, 0.3) is 0 Å². The third-order valence-electron chi connectivity index (χ3n) is 5.10. The molecular weight excluding hydrogens is 196 g/mol. The van der Waals surface area contributed by atoms with E-state index in [0.29, 0.717) is 11.8 Å². The summed E-state index contributed by atoms with van der Waals surface area (Å²) < 4.78 is 0. The van der Waals surface area contributed by atoms with Crippen molar-refractivity contribution < 1.29 is 5.11 Å². The van der Waals surface area contributed by atoms with Crippen LogP contribution >= 0.6 is 0 Å². The lowest BCUT2D eigenvalue weighted by atomic mass is 9.73. The summed E-state index contributed by atoms with van der Waals surface area (Å²) in [5.41, 5.74) is 2.15. The third kappa shape index (κ3) is 0.878. The summed E-state index contributed by atoms with van der Waals surface area (Å²) in [4.78, 5) is 0. The van der Waals surface area contributed by atoms with Crippen LogP contribution in [-0.4, -0.2) is 5.11 Å². The van der Waals surface area contributed by atoms with Gasteiger partial charge in [0.1, 0.15) is 0 Å². The Kier molecular flexibility index (Phi) is 1.87. The lowest BCUT2D eigenvalue weighted by molar-refractivity contribution is -0.0567. The summed E-state index contributed by atoms with van der Waals surface area (Å²) in [5, 5.41) is 11.1.